The molecular weight excluding hydrogens is 446 g/mol. The number of para-hydroxylation sites is 1. The average molecular weight is 474 g/mol. The molecule has 1 aliphatic rings. The second kappa shape index (κ2) is 10.9. The first-order chi connectivity index (χ1) is 17.0. The molecule has 0 bridgehead atoms. The van der Waals surface area contributed by atoms with E-state index in [1.54, 1.807) is 24.3 Å². The fourth-order valence-corrected chi connectivity index (χ4v) is 4.00. The number of nitrogens with zero attached hydrogens (tertiary/aromatic N) is 2. The van der Waals surface area contributed by atoms with Gasteiger partial charge in [0, 0.05) is 18.0 Å². The van der Waals surface area contributed by atoms with Crippen molar-refractivity contribution >= 4 is 17.7 Å². The zero-order valence-electron chi connectivity index (χ0n) is 19.7. The first-order valence-electron chi connectivity index (χ1n) is 11.5. The van der Waals surface area contributed by atoms with E-state index in [9.17, 15) is 14.9 Å². The Bertz CT molecular complexity index is 1240. The lowest BCUT2D eigenvalue weighted by molar-refractivity contribution is -0.119. The van der Waals surface area contributed by atoms with Gasteiger partial charge in [0.25, 0.3) is 5.91 Å². The van der Waals surface area contributed by atoms with Crippen molar-refractivity contribution in [3.8, 4) is 17.5 Å². The van der Waals surface area contributed by atoms with Crippen LogP contribution >= 0.6 is 0 Å². The number of anilines is 1. The number of esters is 1. The van der Waals surface area contributed by atoms with Crippen LogP contribution in [0.25, 0.3) is 5.69 Å². The molecule has 4 rings (SSSR count). The zero-order valence-corrected chi connectivity index (χ0v) is 19.7. The summed E-state index contributed by atoms with van der Waals surface area (Å²) in [6.45, 7) is 4.46. The Labute approximate surface area is 204 Å². The molecule has 0 radical (unpaired) electrons. The number of hydrogen-bond acceptors (Lipinski definition) is 6. The highest BCUT2D eigenvalue weighted by molar-refractivity contribution is 5.96. The Kier molecular flexibility index (Phi) is 7.48. The van der Waals surface area contributed by atoms with Crippen LogP contribution in [-0.2, 0) is 14.3 Å². The van der Waals surface area contributed by atoms with Crippen molar-refractivity contribution in [1.82, 2.24) is 4.57 Å². The lowest BCUT2D eigenvalue weighted by atomic mass is 10.2. The summed E-state index contributed by atoms with van der Waals surface area (Å²) in [5, 5.41) is 12.4. The quantitative estimate of drug-likeness (QED) is 0.489. The third kappa shape index (κ3) is 5.53. The Morgan fingerprint density at radius 1 is 1.14 bits per heavy atom. The second-order valence-corrected chi connectivity index (χ2v) is 8.31. The zero-order chi connectivity index (χ0) is 24.8. The van der Waals surface area contributed by atoms with Crippen molar-refractivity contribution in [3.63, 3.8) is 0 Å². The molecule has 1 fully saturated rings. The van der Waals surface area contributed by atoms with E-state index in [0.717, 1.165) is 36.4 Å². The highest BCUT2D eigenvalue weighted by Crippen LogP contribution is 2.29. The number of benzene rings is 2. The van der Waals surface area contributed by atoms with Gasteiger partial charge in [0.05, 0.1) is 17.2 Å². The molecule has 180 valence electrons. The highest BCUT2D eigenvalue weighted by Gasteiger charge is 2.21. The summed E-state index contributed by atoms with van der Waals surface area (Å²) in [5.74, 6) is -0.188. The van der Waals surface area contributed by atoms with Gasteiger partial charge >= 0.3 is 5.97 Å². The largest absolute Gasteiger partial charge is 0.491 e. The van der Waals surface area contributed by atoms with E-state index >= 15 is 0 Å². The molecule has 8 nitrogen and oxygen atoms in total. The number of amides is 1. The molecule has 1 unspecified atom stereocenters. The smallest absolute Gasteiger partial charge is 0.338 e. The molecule has 1 N–H and O–H groups in total. The Hall–Kier alpha value is -4.09. The van der Waals surface area contributed by atoms with Crippen LogP contribution in [0, 0.1) is 25.2 Å². The van der Waals surface area contributed by atoms with E-state index in [0.29, 0.717) is 29.3 Å². The maximum atomic E-state index is 12.6. The summed E-state index contributed by atoms with van der Waals surface area (Å²) in [6, 6.07) is 18.1. The van der Waals surface area contributed by atoms with E-state index in [2.05, 4.69) is 11.4 Å². The monoisotopic (exact) mass is 473 g/mol. The summed E-state index contributed by atoms with van der Waals surface area (Å²) in [6.07, 6.45) is 2.13. The van der Waals surface area contributed by atoms with Crippen molar-refractivity contribution in [2.45, 2.75) is 32.8 Å². The van der Waals surface area contributed by atoms with Gasteiger partial charge in [-0.05, 0) is 68.7 Å². The first kappa shape index (κ1) is 24.0. The van der Waals surface area contributed by atoms with Gasteiger partial charge in [-0.25, -0.2) is 4.79 Å². The predicted octanol–water partition coefficient (Wildman–Crippen LogP) is 4.32. The normalized spacial score (nSPS) is 14.8. The molecule has 35 heavy (non-hydrogen) atoms. The van der Waals surface area contributed by atoms with Crippen molar-refractivity contribution in [2.75, 3.05) is 25.1 Å². The fraction of sp³-hybridized carbons (Fsp3) is 0.296. The number of nitriles is 1. The van der Waals surface area contributed by atoms with Crippen LogP contribution in [0.3, 0.4) is 0 Å². The van der Waals surface area contributed by atoms with Crippen molar-refractivity contribution < 1.29 is 23.8 Å². The van der Waals surface area contributed by atoms with Crippen molar-refractivity contribution in [3.05, 3.63) is 77.0 Å². The van der Waals surface area contributed by atoms with E-state index in [-0.39, 0.29) is 6.10 Å². The third-order valence-corrected chi connectivity index (χ3v) is 5.98. The standard InChI is InChI=1S/C27H27N3O5/c1-18-19(2)30(21-7-4-3-5-8-21)26(24(18)15-28)29-25(31)17-35-27(32)20-10-12-22(13-11-20)34-16-23-9-6-14-33-23/h3-5,7-8,10-13,23H,6,9,14,16-17H2,1-2H3,(H,29,31). The summed E-state index contributed by atoms with van der Waals surface area (Å²) >= 11 is 0. The number of hydrogen-bond donors (Lipinski definition) is 1. The number of nitrogens with one attached hydrogen (secondary N) is 1. The minimum atomic E-state index is -0.628. The summed E-state index contributed by atoms with van der Waals surface area (Å²) in [7, 11) is 0. The number of rotatable bonds is 8. The molecule has 2 heterocycles. The van der Waals surface area contributed by atoms with Gasteiger partial charge in [-0.1, -0.05) is 18.2 Å². The SMILES string of the molecule is Cc1c(C#N)c(NC(=O)COC(=O)c2ccc(OCC3CCCO3)cc2)n(-c2ccccc2)c1C. The molecule has 1 aromatic heterocycles. The molecule has 1 atom stereocenters. The van der Waals surface area contributed by atoms with Crippen LogP contribution in [0.1, 0.15) is 40.0 Å². The van der Waals surface area contributed by atoms with Gasteiger partial charge in [0.1, 0.15) is 24.2 Å². The molecule has 1 amide bonds. The highest BCUT2D eigenvalue weighted by atomic mass is 16.5. The summed E-state index contributed by atoms with van der Waals surface area (Å²) in [5.41, 5.74) is 3.08. The topological polar surface area (TPSA) is 103 Å². The van der Waals surface area contributed by atoms with Crippen LogP contribution < -0.4 is 10.1 Å². The maximum Gasteiger partial charge on any atom is 0.338 e. The van der Waals surface area contributed by atoms with Crippen LogP contribution in [0.5, 0.6) is 5.75 Å². The molecule has 1 saturated heterocycles. The second-order valence-electron chi connectivity index (χ2n) is 8.31. The molecule has 1 aliphatic heterocycles. The fourth-order valence-electron chi connectivity index (χ4n) is 4.00. The molecule has 8 heteroatoms. The molecule has 0 spiro atoms. The Morgan fingerprint density at radius 3 is 2.54 bits per heavy atom. The third-order valence-electron chi connectivity index (χ3n) is 5.98. The molecule has 2 aromatic carbocycles. The predicted molar refractivity (Wildman–Crippen MR) is 130 cm³/mol. The minimum absolute atomic E-state index is 0.107. The molecule has 0 saturated carbocycles. The van der Waals surface area contributed by atoms with Gasteiger partial charge in [-0.15, -0.1) is 0 Å². The van der Waals surface area contributed by atoms with Gasteiger partial charge in [-0.2, -0.15) is 5.26 Å². The van der Waals surface area contributed by atoms with Gasteiger partial charge in [-0.3, -0.25) is 9.36 Å². The molecular formula is C27H27N3O5. The number of aromatic nitrogens is 1. The van der Waals surface area contributed by atoms with E-state index < -0.39 is 18.5 Å². The van der Waals surface area contributed by atoms with Gasteiger partial charge < -0.3 is 19.5 Å². The van der Waals surface area contributed by atoms with Gasteiger partial charge in [0.15, 0.2) is 6.61 Å². The lowest BCUT2D eigenvalue weighted by Gasteiger charge is -2.13. The average Bonchev–Trinajstić information content (AvgIpc) is 3.48. The van der Waals surface area contributed by atoms with Gasteiger partial charge in [0.2, 0.25) is 0 Å². The molecule has 3 aromatic rings. The van der Waals surface area contributed by atoms with E-state index in [4.69, 9.17) is 14.2 Å². The number of ether oxygens (including phenoxy) is 3. The summed E-state index contributed by atoms with van der Waals surface area (Å²) < 4.78 is 18.2. The van der Waals surface area contributed by atoms with Crippen LogP contribution in [0.2, 0.25) is 0 Å². The molecule has 0 aliphatic carbocycles. The Morgan fingerprint density at radius 2 is 1.89 bits per heavy atom. The van der Waals surface area contributed by atoms with Crippen LogP contribution in [0.4, 0.5) is 5.82 Å². The lowest BCUT2D eigenvalue weighted by Crippen LogP contribution is -2.23. The van der Waals surface area contributed by atoms with Crippen molar-refractivity contribution in [2.24, 2.45) is 0 Å². The summed E-state index contributed by atoms with van der Waals surface area (Å²) in [4.78, 5) is 25.1. The van der Waals surface area contributed by atoms with E-state index in [1.807, 2.05) is 48.7 Å². The van der Waals surface area contributed by atoms with Crippen LogP contribution in [0.15, 0.2) is 54.6 Å². The minimum Gasteiger partial charge on any atom is -0.491 e. The number of carbonyl (C=O) groups excluding carboxylic acids is 2. The maximum absolute atomic E-state index is 12.6. The van der Waals surface area contributed by atoms with Crippen molar-refractivity contribution in [1.29, 1.82) is 5.26 Å². The van der Waals surface area contributed by atoms with Crippen LogP contribution in [-0.4, -0.2) is 42.4 Å². The first-order valence-corrected chi connectivity index (χ1v) is 11.5. The number of carbonyl (C=O) groups is 2. The Balaban J connectivity index is 1.37. The van der Waals surface area contributed by atoms with E-state index in [1.165, 1.54) is 0 Å².